The molecule has 1 rings (SSSR count). The van der Waals surface area contributed by atoms with E-state index in [2.05, 4.69) is 0 Å². The van der Waals surface area contributed by atoms with Gasteiger partial charge in [-0.2, -0.15) is 0 Å². The minimum atomic E-state index is -1.52. The summed E-state index contributed by atoms with van der Waals surface area (Å²) in [5, 5.41) is 10.1. The number of hydrogen-bond donors (Lipinski definition) is 2. The predicted octanol–water partition coefficient (Wildman–Crippen LogP) is 2.16. The van der Waals surface area contributed by atoms with Crippen LogP contribution in [0.15, 0.2) is 24.3 Å². The minimum Gasteiger partial charge on any atom is -0.456 e. The second-order valence-electron chi connectivity index (χ2n) is 5.33. The predicted molar refractivity (Wildman–Crippen MR) is 70.0 cm³/mol. The summed E-state index contributed by atoms with van der Waals surface area (Å²) in [6.07, 6.45) is 0.312. The van der Waals surface area contributed by atoms with Crippen molar-refractivity contribution in [1.82, 2.24) is 0 Å². The van der Waals surface area contributed by atoms with E-state index in [0.29, 0.717) is 17.5 Å². The van der Waals surface area contributed by atoms with E-state index in [1.807, 2.05) is 0 Å². The van der Waals surface area contributed by atoms with Crippen molar-refractivity contribution in [2.24, 2.45) is 5.73 Å². The van der Waals surface area contributed by atoms with E-state index in [4.69, 9.17) is 10.5 Å². The van der Waals surface area contributed by atoms with Gasteiger partial charge in [0.15, 0.2) is 0 Å². The zero-order chi connectivity index (χ0) is 14.0. The molecule has 0 aliphatic heterocycles. The van der Waals surface area contributed by atoms with Crippen LogP contribution in [0.4, 0.5) is 0 Å². The van der Waals surface area contributed by atoms with Gasteiger partial charge in [0, 0.05) is 5.56 Å². The Balaban J connectivity index is 3.14. The maximum atomic E-state index is 12.1. The van der Waals surface area contributed by atoms with Gasteiger partial charge in [0.1, 0.15) is 11.3 Å². The number of benzene rings is 1. The third kappa shape index (κ3) is 3.55. The topological polar surface area (TPSA) is 72.5 Å². The van der Waals surface area contributed by atoms with Gasteiger partial charge in [0.2, 0.25) is 0 Å². The highest BCUT2D eigenvalue weighted by Crippen LogP contribution is 2.24. The van der Waals surface area contributed by atoms with Crippen LogP contribution in [0.5, 0.6) is 0 Å². The molecule has 0 amide bonds. The van der Waals surface area contributed by atoms with Crippen LogP contribution in [0.3, 0.4) is 0 Å². The van der Waals surface area contributed by atoms with Crippen molar-refractivity contribution in [1.29, 1.82) is 0 Å². The van der Waals surface area contributed by atoms with Gasteiger partial charge in [0.05, 0.1) is 5.56 Å². The number of ether oxygens (including phenoxy) is 1. The molecule has 0 spiro atoms. The van der Waals surface area contributed by atoms with Crippen molar-refractivity contribution in [2.75, 3.05) is 0 Å². The molecule has 0 aliphatic rings. The first-order valence-corrected chi connectivity index (χ1v) is 6.01. The number of carbonyl (C=O) groups excluding carboxylic acids is 1. The Kier molecular flexibility index (Phi) is 4.14. The van der Waals surface area contributed by atoms with Crippen LogP contribution < -0.4 is 5.73 Å². The third-order valence-electron chi connectivity index (χ3n) is 2.55. The molecule has 18 heavy (non-hydrogen) atoms. The average Bonchev–Trinajstić information content (AvgIpc) is 2.27. The molecule has 0 aliphatic carbocycles. The highest BCUT2D eigenvalue weighted by molar-refractivity contribution is 5.91. The van der Waals surface area contributed by atoms with Gasteiger partial charge in [0.25, 0.3) is 0 Å². The second-order valence-corrected chi connectivity index (χ2v) is 5.33. The lowest BCUT2D eigenvalue weighted by molar-refractivity contribution is 0.00383. The number of aliphatic hydroxyl groups is 1. The third-order valence-corrected chi connectivity index (χ3v) is 2.55. The average molecular weight is 251 g/mol. The van der Waals surface area contributed by atoms with Crippen molar-refractivity contribution in [2.45, 2.75) is 45.4 Å². The fraction of sp³-hybridized carbons (Fsp3) is 0.500. The van der Waals surface area contributed by atoms with E-state index in [9.17, 15) is 9.90 Å². The Morgan fingerprint density at radius 3 is 2.39 bits per heavy atom. The molecular weight excluding hydrogens is 230 g/mol. The summed E-state index contributed by atoms with van der Waals surface area (Å²) in [4.78, 5) is 12.1. The maximum Gasteiger partial charge on any atom is 0.339 e. The monoisotopic (exact) mass is 251 g/mol. The summed E-state index contributed by atoms with van der Waals surface area (Å²) in [5.41, 5.74) is 4.38. The Bertz CT molecular complexity index is 433. The van der Waals surface area contributed by atoms with Crippen LogP contribution >= 0.6 is 0 Å². The first-order chi connectivity index (χ1) is 8.17. The highest BCUT2D eigenvalue weighted by Gasteiger charge is 2.28. The van der Waals surface area contributed by atoms with Gasteiger partial charge in [-0.05, 0) is 33.3 Å². The van der Waals surface area contributed by atoms with Gasteiger partial charge in [-0.1, -0.05) is 25.1 Å². The summed E-state index contributed by atoms with van der Waals surface area (Å²) in [6.45, 7) is 7.14. The van der Waals surface area contributed by atoms with Crippen LogP contribution in [0.25, 0.3) is 0 Å². The van der Waals surface area contributed by atoms with Gasteiger partial charge in [-0.3, -0.25) is 5.73 Å². The molecule has 1 atom stereocenters. The molecule has 0 saturated heterocycles. The molecule has 0 radical (unpaired) electrons. The lowest BCUT2D eigenvalue weighted by Gasteiger charge is -2.26. The summed E-state index contributed by atoms with van der Waals surface area (Å²) in [6, 6.07) is 6.70. The van der Waals surface area contributed by atoms with Crippen LogP contribution in [0.1, 0.15) is 50.0 Å². The van der Waals surface area contributed by atoms with Crippen molar-refractivity contribution in [3.05, 3.63) is 35.4 Å². The molecule has 1 aromatic carbocycles. The van der Waals surface area contributed by atoms with Crippen LogP contribution in [0, 0.1) is 0 Å². The van der Waals surface area contributed by atoms with E-state index in [1.54, 1.807) is 52.0 Å². The molecule has 1 unspecified atom stereocenters. The summed E-state index contributed by atoms with van der Waals surface area (Å²) < 4.78 is 5.30. The van der Waals surface area contributed by atoms with E-state index < -0.39 is 17.3 Å². The standard InChI is InChI=1S/C14H21NO3/c1-5-14(15,17)11-9-7-6-8-10(11)12(16)18-13(2,3)4/h6-9,17H,5,15H2,1-4H3. The molecule has 0 saturated carbocycles. The first-order valence-electron chi connectivity index (χ1n) is 6.01. The largest absolute Gasteiger partial charge is 0.456 e. The molecule has 4 heteroatoms. The van der Waals surface area contributed by atoms with Crippen molar-refractivity contribution < 1.29 is 14.6 Å². The number of carbonyl (C=O) groups is 1. The molecule has 0 aromatic heterocycles. The van der Waals surface area contributed by atoms with Gasteiger partial charge in [-0.15, -0.1) is 0 Å². The van der Waals surface area contributed by atoms with E-state index in [1.165, 1.54) is 0 Å². The Morgan fingerprint density at radius 1 is 1.33 bits per heavy atom. The van der Waals surface area contributed by atoms with E-state index in [-0.39, 0.29) is 0 Å². The number of esters is 1. The first kappa shape index (κ1) is 14.7. The molecule has 4 nitrogen and oxygen atoms in total. The SMILES string of the molecule is CCC(N)(O)c1ccccc1C(=O)OC(C)(C)C. The van der Waals surface area contributed by atoms with Gasteiger partial charge >= 0.3 is 5.97 Å². The Hall–Kier alpha value is -1.39. The van der Waals surface area contributed by atoms with Gasteiger partial charge < -0.3 is 9.84 Å². The van der Waals surface area contributed by atoms with Crippen molar-refractivity contribution in [3.63, 3.8) is 0 Å². The fourth-order valence-corrected chi connectivity index (χ4v) is 1.56. The molecular formula is C14H21NO3. The van der Waals surface area contributed by atoms with Crippen LogP contribution in [-0.4, -0.2) is 16.7 Å². The Labute approximate surface area is 108 Å². The fourth-order valence-electron chi connectivity index (χ4n) is 1.56. The van der Waals surface area contributed by atoms with Gasteiger partial charge in [-0.25, -0.2) is 4.79 Å². The van der Waals surface area contributed by atoms with Crippen LogP contribution in [0.2, 0.25) is 0 Å². The normalized spacial score (nSPS) is 15.0. The number of nitrogens with two attached hydrogens (primary N) is 1. The molecule has 0 heterocycles. The lowest BCUT2D eigenvalue weighted by atomic mass is 9.95. The molecule has 1 aromatic rings. The summed E-state index contributed by atoms with van der Waals surface area (Å²) in [5.74, 6) is -0.476. The molecule has 3 N–H and O–H groups in total. The number of rotatable bonds is 3. The zero-order valence-corrected chi connectivity index (χ0v) is 11.4. The van der Waals surface area contributed by atoms with E-state index in [0.717, 1.165) is 0 Å². The lowest BCUT2D eigenvalue weighted by Crippen LogP contribution is -2.37. The smallest absolute Gasteiger partial charge is 0.339 e. The zero-order valence-electron chi connectivity index (χ0n) is 11.4. The Morgan fingerprint density at radius 2 is 1.89 bits per heavy atom. The quantitative estimate of drug-likeness (QED) is 0.638. The van der Waals surface area contributed by atoms with Crippen LogP contribution in [-0.2, 0) is 10.5 Å². The minimum absolute atomic E-state index is 0.305. The second kappa shape index (κ2) is 5.08. The van der Waals surface area contributed by atoms with Crippen molar-refractivity contribution >= 4 is 5.97 Å². The molecule has 0 bridgehead atoms. The molecule has 0 fully saturated rings. The van der Waals surface area contributed by atoms with E-state index >= 15 is 0 Å². The van der Waals surface area contributed by atoms with Crippen molar-refractivity contribution in [3.8, 4) is 0 Å². The molecule has 100 valence electrons. The maximum absolute atomic E-state index is 12.1. The highest BCUT2D eigenvalue weighted by atomic mass is 16.6. The summed E-state index contributed by atoms with van der Waals surface area (Å²) >= 11 is 0. The number of hydrogen-bond acceptors (Lipinski definition) is 4. The summed E-state index contributed by atoms with van der Waals surface area (Å²) in [7, 11) is 0.